The van der Waals surface area contributed by atoms with Crippen LogP contribution in [0.5, 0.6) is 0 Å². The van der Waals surface area contributed by atoms with Gasteiger partial charge in [0.1, 0.15) is 4.60 Å². The quantitative estimate of drug-likeness (QED) is 0.661. The normalized spacial score (nSPS) is 23.2. The molecule has 0 saturated carbocycles. The molecule has 0 spiro atoms. The van der Waals surface area contributed by atoms with Crippen molar-refractivity contribution in [2.45, 2.75) is 12.3 Å². The topological polar surface area (TPSA) is 60.7 Å². The van der Waals surface area contributed by atoms with Crippen molar-refractivity contribution in [2.75, 3.05) is 13.1 Å². The Morgan fingerprint density at radius 3 is 2.75 bits per heavy atom. The van der Waals surface area contributed by atoms with Crippen LogP contribution in [0.25, 0.3) is 0 Å². The van der Waals surface area contributed by atoms with E-state index in [9.17, 15) is 4.79 Å². The Morgan fingerprint density at radius 2 is 2.25 bits per heavy atom. The summed E-state index contributed by atoms with van der Waals surface area (Å²) < 4.78 is 0.793. The summed E-state index contributed by atoms with van der Waals surface area (Å²) in [5, 5.41) is 3.25. The van der Waals surface area contributed by atoms with Gasteiger partial charge >= 0.3 is 5.69 Å². The van der Waals surface area contributed by atoms with E-state index in [1.165, 1.54) is 0 Å². The lowest BCUT2D eigenvalue weighted by atomic mass is 10.1. The number of H-pyrrole nitrogens is 2. The van der Waals surface area contributed by atoms with Crippen LogP contribution in [0.4, 0.5) is 0 Å². The molecule has 0 radical (unpaired) electrons. The van der Waals surface area contributed by atoms with Gasteiger partial charge in [0.15, 0.2) is 0 Å². The van der Waals surface area contributed by atoms with Crippen LogP contribution in [-0.2, 0) is 0 Å². The molecule has 1 saturated heterocycles. The highest BCUT2D eigenvalue weighted by atomic mass is 79.9. The molecule has 1 aliphatic rings. The van der Waals surface area contributed by atoms with Gasteiger partial charge in [-0.1, -0.05) is 0 Å². The van der Waals surface area contributed by atoms with E-state index in [0.717, 1.165) is 29.8 Å². The van der Waals surface area contributed by atoms with Gasteiger partial charge in [-0.3, -0.25) is 0 Å². The van der Waals surface area contributed by atoms with Gasteiger partial charge in [0.2, 0.25) is 0 Å². The fraction of sp³-hybridized carbons (Fsp3) is 0.571. The monoisotopic (exact) mass is 231 g/mol. The summed E-state index contributed by atoms with van der Waals surface area (Å²) in [7, 11) is 0. The largest absolute Gasteiger partial charge is 0.323 e. The maximum Gasteiger partial charge on any atom is 0.323 e. The van der Waals surface area contributed by atoms with E-state index in [-0.39, 0.29) is 5.69 Å². The summed E-state index contributed by atoms with van der Waals surface area (Å²) >= 11 is 3.31. The molecule has 4 nitrogen and oxygen atoms in total. The van der Waals surface area contributed by atoms with Crippen molar-refractivity contribution in [3.63, 3.8) is 0 Å². The second kappa shape index (κ2) is 3.06. The van der Waals surface area contributed by atoms with Gasteiger partial charge in [-0.25, -0.2) is 4.79 Å². The second-order valence-electron chi connectivity index (χ2n) is 3.00. The predicted octanol–water partition coefficient (Wildman–Crippen LogP) is 0.542. The van der Waals surface area contributed by atoms with Crippen molar-refractivity contribution >= 4 is 15.9 Å². The molecule has 1 fully saturated rings. The molecule has 2 heterocycles. The predicted molar refractivity (Wildman–Crippen MR) is 49.3 cm³/mol. The molecule has 12 heavy (non-hydrogen) atoms. The van der Waals surface area contributed by atoms with E-state index in [0.29, 0.717) is 5.92 Å². The number of nitrogens with one attached hydrogen (secondary N) is 3. The Labute approximate surface area is 77.9 Å². The molecule has 1 aromatic rings. The average molecular weight is 232 g/mol. The molecule has 66 valence electrons. The molecule has 1 aromatic heterocycles. The van der Waals surface area contributed by atoms with E-state index in [2.05, 4.69) is 31.2 Å². The molecular weight excluding hydrogens is 222 g/mol. The van der Waals surface area contributed by atoms with Crippen LogP contribution in [0.3, 0.4) is 0 Å². The first-order valence-corrected chi connectivity index (χ1v) is 4.75. The molecule has 0 aliphatic carbocycles. The summed E-state index contributed by atoms with van der Waals surface area (Å²) in [6.45, 7) is 1.98. The fourth-order valence-corrected chi connectivity index (χ4v) is 2.16. The highest BCUT2D eigenvalue weighted by molar-refractivity contribution is 9.10. The molecule has 1 atom stereocenters. The van der Waals surface area contributed by atoms with Gasteiger partial charge in [0.25, 0.3) is 0 Å². The number of hydrogen-bond acceptors (Lipinski definition) is 2. The van der Waals surface area contributed by atoms with Crippen molar-refractivity contribution in [2.24, 2.45) is 0 Å². The minimum absolute atomic E-state index is 0.135. The van der Waals surface area contributed by atoms with Crippen LogP contribution in [0, 0.1) is 0 Å². The number of halogens is 1. The maximum absolute atomic E-state index is 10.9. The average Bonchev–Trinajstić information content (AvgIpc) is 2.58. The first kappa shape index (κ1) is 8.07. The SMILES string of the molecule is O=c1[nH]c(Br)c(C2CCNC2)[nH]1. The molecule has 1 unspecified atom stereocenters. The molecule has 0 aromatic carbocycles. The zero-order valence-corrected chi connectivity index (χ0v) is 8.07. The number of hydrogen-bond donors (Lipinski definition) is 3. The highest BCUT2D eigenvalue weighted by Gasteiger charge is 2.20. The van der Waals surface area contributed by atoms with Gasteiger partial charge in [-0.2, -0.15) is 0 Å². The van der Waals surface area contributed by atoms with E-state index in [1.54, 1.807) is 0 Å². The molecular formula is C7H10BrN3O. The Morgan fingerprint density at radius 1 is 1.42 bits per heavy atom. The van der Waals surface area contributed by atoms with E-state index in [1.807, 2.05) is 0 Å². The van der Waals surface area contributed by atoms with Crippen molar-refractivity contribution < 1.29 is 0 Å². The third-order valence-electron chi connectivity index (χ3n) is 2.18. The number of imidazole rings is 1. The summed E-state index contributed by atoms with van der Waals surface area (Å²) in [6.07, 6.45) is 1.09. The van der Waals surface area contributed by atoms with Crippen molar-refractivity contribution in [1.29, 1.82) is 0 Å². The van der Waals surface area contributed by atoms with Crippen LogP contribution in [-0.4, -0.2) is 23.1 Å². The van der Waals surface area contributed by atoms with Crippen molar-refractivity contribution in [3.05, 3.63) is 20.8 Å². The number of rotatable bonds is 1. The van der Waals surface area contributed by atoms with E-state index < -0.39 is 0 Å². The molecule has 2 rings (SSSR count). The fourth-order valence-electron chi connectivity index (χ4n) is 1.56. The minimum atomic E-state index is -0.135. The lowest BCUT2D eigenvalue weighted by Gasteiger charge is -2.04. The Hall–Kier alpha value is -0.550. The second-order valence-corrected chi connectivity index (χ2v) is 3.79. The van der Waals surface area contributed by atoms with Crippen molar-refractivity contribution in [3.8, 4) is 0 Å². The molecule has 1 aliphatic heterocycles. The van der Waals surface area contributed by atoms with Crippen LogP contribution in [0.1, 0.15) is 18.0 Å². The first-order valence-electron chi connectivity index (χ1n) is 3.96. The van der Waals surface area contributed by atoms with Crippen LogP contribution >= 0.6 is 15.9 Å². The summed E-state index contributed by atoms with van der Waals surface area (Å²) in [5.41, 5.74) is 0.855. The maximum atomic E-state index is 10.9. The molecule has 0 amide bonds. The molecule has 0 bridgehead atoms. The third-order valence-corrected chi connectivity index (χ3v) is 2.80. The Kier molecular flexibility index (Phi) is 2.06. The summed E-state index contributed by atoms with van der Waals surface area (Å²) in [4.78, 5) is 16.4. The molecule has 3 N–H and O–H groups in total. The smallest absolute Gasteiger partial charge is 0.316 e. The lowest BCUT2D eigenvalue weighted by Crippen LogP contribution is -2.09. The number of aromatic amines is 2. The van der Waals surface area contributed by atoms with Gasteiger partial charge in [-0.15, -0.1) is 0 Å². The number of aromatic nitrogens is 2. The minimum Gasteiger partial charge on any atom is -0.316 e. The van der Waals surface area contributed by atoms with E-state index in [4.69, 9.17) is 0 Å². The van der Waals surface area contributed by atoms with Crippen molar-refractivity contribution in [1.82, 2.24) is 15.3 Å². The zero-order valence-electron chi connectivity index (χ0n) is 6.48. The van der Waals surface area contributed by atoms with Crippen LogP contribution < -0.4 is 11.0 Å². The van der Waals surface area contributed by atoms with Gasteiger partial charge < -0.3 is 15.3 Å². The van der Waals surface area contributed by atoms with Crippen LogP contribution in [0.15, 0.2) is 9.40 Å². The van der Waals surface area contributed by atoms with Crippen LogP contribution in [0.2, 0.25) is 0 Å². The Bertz CT molecular complexity index is 324. The van der Waals surface area contributed by atoms with E-state index >= 15 is 0 Å². The zero-order chi connectivity index (χ0) is 8.55. The standard InChI is InChI=1S/C7H10BrN3O/c8-6-5(10-7(12)11-6)4-1-2-9-3-4/h4,9H,1-3H2,(H2,10,11,12). The highest BCUT2D eigenvalue weighted by Crippen LogP contribution is 2.24. The summed E-state index contributed by atoms with van der Waals surface area (Å²) in [6, 6.07) is 0. The van der Waals surface area contributed by atoms with Gasteiger partial charge in [-0.05, 0) is 28.9 Å². The van der Waals surface area contributed by atoms with Gasteiger partial charge in [0.05, 0.1) is 5.69 Å². The Balaban J connectivity index is 2.31. The molecule has 5 heteroatoms. The first-order chi connectivity index (χ1) is 5.77. The van der Waals surface area contributed by atoms with Gasteiger partial charge in [0, 0.05) is 12.5 Å². The third kappa shape index (κ3) is 1.34. The lowest BCUT2D eigenvalue weighted by molar-refractivity contribution is 0.735. The summed E-state index contributed by atoms with van der Waals surface area (Å²) in [5.74, 6) is 0.443.